The van der Waals surface area contributed by atoms with E-state index in [-0.39, 0.29) is 10.6 Å². The molecule has 5 heteroatoms. The number of rotatable bonds is 1. The second-order valence-electron chi connectivity index (χ2n) is 2.49. The van der Waals surface area contributed by atoms with Crippen molar-refractivity contribution in [2.45, 2.75) is 0 Å². The summed E-state index contributed by atoms with van der Waals surface area (Å²) in [6.07, 6.45) is 0. The lowest BCUT2D eigenvalue weighted by Crippen LogP contribution is -1.87. The molecule has 0 aliphatic carbocycles. The van der Waals surface area contributed by atoms with Gasteiger partial charge in [-0.25, -0.2) is 0 Å². The molecule has 0 fully saturated rings. The standard InChI is InChI=1S/C8H4BrNO2S/c9-5-4-13-7-3-1-2-6(8(5)7)10(11)12/h1-4H. The first-order valence-corrected chi connectivity index (χ1v) is 5.17. The van der Waals surface area contributed by atoms with Crippen LogP contribution in [0.1, 0.15) is 0 Å². The van der Waals surface area contributed by atoms with Gasteiger partial charge in [0.25, 0.3) is 5.69 Å². The van der Waals surface area contributed by atoms with Crippen LogP contribution in [0, 0.1) is 10.1 Å². The molecule has 13 heavy (non-hydrogen) atoms. The zero-order valence-electron chi connectivity index (χ0n) is 6.36. The Bertz CT molecular complexity index is 480. The van der Waals surface area contributed by atoms with E-state index in [1.807, 2.05) is 11.4 Å². The van der Waals surface area contributed by atoms with Crippen molar-refractivity contribution in [2.24, 2.45) is 0 Å². The van der Waals surface area contributed by atoms with Crippen LogP contribution >= 0.6 is 27.3 Å². The number of halogens is 1. The summed E-state index contributed by atoms with van der Waals surface area (Å²) in [5.41, 5.74) is 0.158. The fourth-order valence-electron chi connectivity index (χ4n) is 1.18. The van der Waals surface area contributed by atoms with E-state index in [1.165, 1.54) is 17.4 Å². The maximum atomic E-state index is 10.7. The molecule has 0 saturated heterocycles. The molecule has 0 spiro atoms. The Labute approximate surface area is 86.3 Å². The summed E-state index contributed by atoms with van der Waals surface area (Å²) in [6.45, 7) is 0. The van der Waals surface area contributed by atoms with Crippen LogP contribution in [0.2, 0.25) is 0 Å². The summed E-state index contributed by atoms with van der Waals surface area (Å²) in [5, 5.41) is 13.2. The third-order valence-corrected chi connectivity index (χ3v) is 3.61. The van der Waals surface area contributed by atoms with Crippen LogP contribution in [0.3, 0.4) is 0 Å². The molecule has 66 valence electrons. The summed E-state index contributed by atoms with van der Waals surface area (Å²) in [6, 6.07) is 5.08. The number of nitro benzene ring substituents is 1. The molecule has 0 amide bonds. The Kier molecular flexibility index (Phi) is 2.05. The van der Waals surface area contributed by atoms with E-state index in [4.69, 9.17) is 0 Å². The quantitative estimate of drug-likeness (QED) is 0.579. The minimum atomic E-state index is -0.361. The topological polar surface area (TPSA) is 43.1 Å². The molecule has 0 aliphatic rings. The van der Waals surface area contributed by atoms with E-state index in [9.17, 15) is 10.1 Å². The smallest absolute Gasteiger partial charge is 0.258 e. The molecule has 0 unspecified atom stereocenters. The Morgan fingerprint density at radius 3 is 2.92 bits per heavy atom. The lowest BCUT2D eigenvalue weighted by molar-refractivity contribution is -0.383. The van der Waals surface area contributed by atoms with Crippen molar-refractivity contribution in [2.75, 3.05) is 0 Å². The van der Waals surface area contributed by atoms with Gasteiger partial charge in [-0.3, -0.25) is 10.1 Å². The van der Waals surface area contributed by atoms with Crippen LogP contribution in [0.25, 0.3) is 10.1 Å². The number of nitrogens with zero attached hydrogens (tertiary/aromatic N) is 1. The van der Waals surface area contributed by atoms with Gasteiger partial charge in [0.15, 0.2) is 0 Å². The Morgan fingerprint density at radius 2 is 2.23 bits per heavy atom. The zero-order chi connectivity index (χ0) is 9.42. The van der Waals surface area contributed by atoms with Gasteiger partial charge in [-0.15, -0.1) is 11.3 Å². The van der Waals surface area contributed by atoms with Crippen LogP contribution in [-0.2, 0) is 0 Å². The van der Waals surface area contributed by atoms with Crippen molar-refractivity contribution in [3.05, 3.63) is 38.2 Å². The molecular formula is C8H4BrNO2S. The first-order chi connectivity index (χ1) is 6.20. The van der Waals surface area contributed by atoms with E-state index in [0.717, 1.165) is 9.17 Å². The molecular weight excluding hydrogens is 254 g/mol. The average molecular weight is 258 g/mol. The molecule has 0 atom stereocenters. The van der Waals surface area contributed by atoms with Crippen molar-refractivity contribution in [1.29, 1.82) is 0 Å². The Hall–Kier alpha value is -0.940. The maximum absolute atomic E-state index is 10.7. The third kappa shape index (κ3) is 1.34. The lowest BCUT2D eigenvalue weighted by atomic mass is 10.2. The van der Waals surface area contributed by atoms with Gasteiger partial charge >= 0.3 is 0 Å². The van der Waals surface area contributed by atoms with Crippen LogP contribution in [0.5, 0.6) is 0 Å². The monoisotopic (exact) mass is 257 g/mol. The SMILES string of the molecule is O=[N+]([O-])c1cccc2scc(Br)c12. The average Bonchev–Trinajstić information content (AvgIpc) is 2.48. The molecule has 0 aliphatic heterocycles. The van der Waals surface area contributed by atoms with Crippen LogP contribution in [0.15, 0.2) is 28.1 Å². The van der Waals surface area contributed by atoms with E-state index in [2.05, 4.69) is 15.9 Å². The molecule has 0 saturated carbocycles. The molecule has 3 nitrogen and oxygen atoms in total. The van der Waals surface area contributed by atoms with Crippen molar-refractivity contribution >= 4 is 43.0 Å². The molecule has 0 radical (unpaired) electrons. The summed E-state index contributed by atoms with van der Waals surface area (Å²) in [4.78, 5) is 10.3. The van der Waals surface area contributed by atoms with Gasteiger partial charge in [0, 0.05) is 20.6 Å². The van der Waals surface area contributed by atoms with E-state index < -0.39 is 0 Å². The third-order valence-electron chi connectivity index (χ3n) is 1.73. The lowest BCUT2D eigenvalue weighted by Gasteiger charge is -1.93. The molecule has 1 aromatic carbocycles. The summed E-state index contributed by atoms with van der Waals surface area (Å²) in [5.74, 6) is 0. The van der Waals surface area contributed by atoms with Crippen molar-refractivity contribution in [1.82, 2.24) is 0 Å². The van der Waals surface area contributed by atoms with Gasteiger partial charge in [-0.2, -0.15) is 0 Å². The predicted molar refractivity (Wildman–Crippen MR) is 56.2 cm³/mol. The minimum absolute atomic E-state index is 0.158. The van der Waals surface area contributed by atoms with Gasteiger partial charge in [0.05, 0.1) is 10.3 Å². The zero-order valence-corrected chi connectivity index (χ0v) is 8.76. The van der Waals surface area contributed by atoms with Gasteiger partial charge in [-0.1, -0.05) is 6.07 Å². The summed E-state index contributed by atoms with van der Waals surface area (Å²) >= 11 is 4.79. The molecule has 0 bridgehead atoms. The van der Waals surface area contributed by atoms with Crippen molar-refractivity contribution in [3.8, 4) is 0 Å². The van der Waals surface area contributed by atoms with Gasteiger partial charge in [-0.05, 0) is 22.0 Å². The van der Waals surface area contributed by atoms with E-state index in [1.54, 1.807) is 6.07 Å². The number of thiophene rings is 1. The van der Waals surface area contributed by atoms with Gasteiger partial charge in [0.2, 0.25) is 0 Å². The second kappa shape index (κ2) is 3.08. The highest BCUT2D eigenvalue weighted by Crippen LogP contribution is 2.36. The van der Waals surface area contributed by atoms with Gasteiger partial charge < -0.3 is 0 Å². The number of non-ortho nitro benzene ring substituents is 1. The normalized spacial score (nSPS) is 10.5. The fourth-order valence-corrected chi connectivity index (χ4v) is 2.85. The minimum Gasteiger partial charge on any atom is -0.258 e. The second-order valence-corrected chi connectivity index (χ2v) is 4.26. The first-order valence-electron chi connectivity index (χ1n) is 3.50. The van der Waals surface area contributed by atoms with Gasteiger partial charge in [0.1, 0.15) is 0 Å². The highest BCUT2D eigenvalue weighted by Gasteiger charge is 2.14. The maximum Gasteiger partial charge on any atom is 0.279 e. The van der Waals surface area contributed by atoms with Crippen LogP contribution in [-0.4, -0.2) is 4.92 Å². The predicted octanol–water partition coefficient (Wildman–Crippen LogP) is 3.57. The van der Waals surface area contributed by atoms with E-state index >= 15 is 0 Å². The Balaban J connectivity index is 2.88. The van der Waals surface area contributed by atoms with Crippen LogP contribution in [0.4, 0.5) is 5.69 Å². The Morgan fingerprint density at radius 1 is 1.46 bits per heavy atom. The molecule has 1 heterocycles. The molecule has 1 aromatic heterocycles. The summed E-state index contributed by atoms with van der Waals surface area (Å²) in [7, 11) is 0. The van der Waals surface area contributed by atoms with E-state index in [0.29, 0.717) is 5.39 Å². The highest BCUT2D eigenvalue weighted by molar-refractivity contribution is 9.10. The first kappa shape index (κ1) is 8.65. The van der Waals surface area contributed by atoms with Crippen LogP contribution < -0.4 is 0 Å². The summed E-state index contributed by atoms with van der Waals surface area (Å²) < 4.78 is 1.72. The fraction of sp³-hybridized carbons (Fsp3) is 0. The van der Waals surface area contributed by atoms with Crippen molar-refractivity contribution < 1.29 is 4.92 Å². The van der Waals surface area contributed by atoms with Crippen molar-refractivity contribution in [3.63, 3.8) is 0 Å². The number of nitro groups is 1. The highest BCUT2D eigenvalue weighted by atomic mass is 79.9. The molecule has 0 N–H and O–H groups in total. The number of fused-ring (bicyclic) bond motifs is 1. The number of benzene rings is 1. The number of hydrogen-bond acceptors (Lipinski definition) is 3. The largest absolute Gasteiger partial charge is 0.279 e. The number of hydrogen-bond donors (Lipinski definition) is 0. The molecule has 2 aromatic rings. The molecule has 2 rings (SSSR count).